The highest BCUT2D eigenvalue weighted by Crippen LogP contribution is 2.47. The zero-order valence-corrected chi connectivity index (χ0v) is 14.3. The van der Waals surface area contributed by atoms with Gasteiger partial charge in [0.25, 0.3) is 0 Å². The van der Waals surface area contributed by atoms with E-state index < -0.39 is 5.97 Å². The first-order valence-electron chi connectivity index (χ1n) is 8.86. The Labute approximate surface area is 141 Å². The molecule has 5 nitrogen and oxygen atoms in total. The van der Waals surface area contributed by atoms with Crippen LogP contribution in [0, 0.1) is 13.8 Å². The molecule has 1 aliphatic carbocycles. The standard InChI is InChI=1S/C19H24N2O3/c1-11-10-14-15(12(2)17(11)22)16(19(23)24)18(21(14)13-6-7-13)20-8-4-3-5-9-20/h10,13,22H,3-9H2,1-2H3,(H,23,24). The Kier molecular flexibility index (Phi) is 3.48. The highest BCUT2D eigenvalue weighted by atomic mass is 16.4. The van der Waals surface area contributed by atoms with E-state index in [2.05, 4.69) is 9.47 Å². The number of carboxylic acids is 1. The van der Waals surface area contributed by atoms with Crippen LogP contribution in [0.3, 0.4) is 0 Å². The van der Waals surface area contributed by atoms with Crippen molar-refractivity contribution in [3.8, 4) is 5.75 Å². The van der Waals surface area contributed by atoms with Crippen molar-refractivity contribution in [2.75, 3.05) is 18.0 Å². The lowest BCUT2D eigenvalue weighted by molar-refractivity contribution is 0.0699. The minimum Gasteiger partial charge on any atom is -0.507 e. The first-order chi connectivity index (χ1) is 11.5. The number of piperidine rings is 1. The Balaban J connectivity index is 2.08. The number of hydrogen-bond acceptors (Lipinski definition) is 3. The number of phenols is 1. The van der Waals surface area contributed by atoms with Crippen LogP contribution in [0.4, 0.5) is 5.82 Å². The molecule has 2 N–H and O–H groups in total. The summed E-state index contributed by atoms with van der Waals surface area (Å²) < 4.78 is 2.24. The topological polar surface area (TPSA) is 65.7 Å². The number of carbonyl (C=O) groups is 1. The molecule has 1 aliphatic heterocycles. The molecule has 0 bridgehead atoms. The highest BCUT2D eigenvalue weighted by Gasteiger charge is 2.35. The summed E-state index contributed by atoms with van der Waals surface area (Å²) in [7, 11) is 0. The zero-order valence-electron chi connectivity index (χ0n) is 14.3. The molecular formula is C19H24N2O3. The van der Waals surface area contributed by atoms with E-state index in [1.54, 1.807) is 0 Å². The van der Waals surface area contributed by atoms with Crippen LogP contribution in [-0.4, -0.2) is 33.8 Å². The van der Waals surface area contributed by atoms with Crippen LogP contribution < -0.4 is 4.90 Å². The first-order valence-corrected chi connectivity index (χ1v) is 8.86. The summed E-state index contributed by atoms with van der Waals surface area (Å²) in [6, 6.07) is 2.34. The maximum atomic E-state index is 12.2. The summed E-state index contributed by atoms with van der Waals surface area (Å²) in [4.78, 5) is 14.4. The third-order valence-electron chi connectivity index (χ3n) is 5.46. The Morgan fingerprint density at radius 3 is 2.42 bits per heavy atom. The van der Waals surface area contributed by atoms with Crippen LogP contribution in [-0.2, 0) is 0 Å². The molecule has 128 valence electrons. The molecule has 0 spiro atoms. The number of benzene rings is 1. The lowest BCUT2D eigenvalue weighted by Crippen LogP contribution is -2.32. The summed E-state index contributed by atoms with van der Waals surface area (Å²) in [5, 5.41) is 21.0. The minimum absolute atomic E-state index is 0.211. The molecule has 1 aromatic heterocycles. The van der Waals surface area contributed by atoms with Crippen molar-refractivity contribution in [3.05, 3.63) is 22.8 Å². The van der Waals surface area contributed by atoms with Gasteiger partial charge in [-0.2, -0.15) is 0 Å². The summed E-state index contributed by atoms with van der Waals surface area (Å²) in [5.74, 6) is 0.169. The molecule has 2 aromatic rings. The van der Waals surface area contributed by atoms with Crippen LogP contribution in [0.1, 0.15) is 59.6 Å². The molecule has 2 fully saturated rings. The van der Waals surface area contributed by atoms with Crippen molar-refractivity contribution in [1.29, 1.82) is 0 Å². The molecule has 0 radical (unpaired) electrons. The maximum Gasteiger partial charge on any atom is 0.340 e. The van der Waals surface area contributed by atoms with Gasteiger partial charge < -0.3 is 19.7 Å². The van der Waals surface area contributed by atoms with E-state index in [0.717, 1.165) is 55.7 Å². The smallest absolute Gasteiger partial charge is 0.340 e. The van der Waals surface area contributed by atoms with Crippen molar-refractivity contribution >= 4 is 22.7 Å². The molecule has 1 saturated heterocycles. The van der Waals surface area contributed by atoms with Gasteiger partial charge in [-0.15, -0.1) is 0 Å². The van der Waals surface area contributed by atoms with Gasteiger partial charge in [0.15, 0.2) is 0 Å². The highest BCUT2D eigenvalue weighted by molar-refractivity contribution is 6.11. The average Bonchev–Trinajstić information content (AvgIpc) is 3.34. The van der Waals surface area contributed by atoms with E-state index in [4.69, 9.17) is 0 Å². The van der Waals surface area contributed by atoms with Gasteiger partial charge in [0.05, 0.1) is 5.52 Å². The number of carboxylic acid groups (broad SMARTS) is 1. The summed E-state index contributed by atoms with van der Waals surface area (Å²) in [6.45, 7) is 5.53. The van der Waals surface area contributed by atoms with E-state index in [9.17, 15) is 15.0 Å². The van der Waals surface area contributed by atoms with Crippen LogP contribution >= 0.6 is 0 Å². The van der Waals surface area contributed by atoms with Gasteiger partial charge in [-0.25, -0.2) is 4.79 Å². The predicted octanol–water partition coefficient (Wildman–Crippen LogP) is 3.99. The molecule has 2 heterocycles. The Bertz CT molecular complexity index is 827. The minimum atomic E-state index is -0.897. The monoisotopic (exact) mass is 328 g/mol. The van der Waals surface area contributed by atoms with Crippen molar-refractivity contribution in [2.45, 2.75) is 52.0 Å². The van der Waals surface area contributed by atoms with Gasteiger partial charge in [0.2, 0.25) is 0 Å². The number of aromatic hydroxyl groups is 1. The lowest BCUT2D eigenvalue weighted by Gasteiger charge is -2.30. The number of phenolic OH excluding ortho intramolecular Hbond substituents is 1. The van der Waals surface area contributed by atoms with Gasteiger partial charge >= 0.3 is 5.97 Å². The molecule has 0 unspecified atom stereocenters. The van der Waals surface area contributed by atoms with E-state index in [-0.39, 0.29) is 5.75 Å². The molecule has 1 saturated carbocycles. The second-order valence-electron chi connectivity index (χ2n) is 7.21. The molecule has 5 heteroatoms. The van der Waals surface area contributed by atoms with Gasteiger partial charge in [-0.1, -0.05) is 0 Å². The van der Waals surface area contributed by atoms with E-state index in [1.807, 2.05) is 19.9 Å². The fourth-order valence-electron chi connectivity index (χ4n) is 4.12. The number of hydrogen-bond donors (Lipinski definition) is 2. The second kappa shape index (κ2) is 5.43. The number of aryl methyl sites for hydroxylation is 2. The quantitative estimate of drug-likeness (QED) is 0.894. The third-order valence-corrected chi connectivity index (χ3v) is 5.46. The number of anilines is 1. The summed E-state index contributed by atoms with van der Waals surface area (Å²) in [6.07, 6.45) is 5.62. The number of aromatic nitrogens is 1. The summed E-state index contributed by atoms with van der Waals surface area (Å²) in [5.41, 5.74) is 2.82. The number of aromatic carboxylic acids is 1. The van der Waals surface area contributed by atoms with Crippen LogP contribution in [0.2, 0.25) is 0 Å². The maximum absolute atomic E-state index is 12.2. The van der Waals surface area contributed by atoms with Crippen molar-refractivity contribution in [1.82, 2.24) is 4.57 Å². The van der Waals surface area contributed by atoms with E-state index in [0.29, 0.717) is 22.6 Å². The molecule has 4 rings (SSSR count). The summed E-state index contributed by atoms with van der Waals surface area (Å²) >= 11 is 0. The lowest BCUT2D eigenvalue weighted by atomic mass is 10.0. The second-order valence-corrected chi connectivity index (χ2v) is 7.21. The Morgan fingerprint density at radius 2 is 1.83 bits per heavy atom. The normalized spacial score (nSPS) is 18.3. The fourth-order valence-corrected chi connectivity index (χ4v) is 4.12. The average molecular weight is 328 g/mol. The van der Waals surface area contributed by atoms with Crippen LogP contribution in [0.15, 0.2) is 6.07 Å². The molecular weight excluding hydrogens is 304 g/mol. The molecule has 0 amide bonds. The SMILES string of the molecule is Cc1cc2c(c(C)c1O)c(C(=O)O)c(N1CCCCC1)n2C1CC1. The van der Waals surface area contributed by atoms with Crippen molar-refractivity contribution < 1.29 is 15.0 Å². The van der Waals surface area contributed by atoms with E-state index in [1.165, 1.54) is 6.42 Å². The van der Waals surface area contributed by atoms with Gasteiger partial charge in [0.1, 0.15) is 17.1 Å². The molecule has 24 heavy (non-hydrogen) atoms. The Hall–Kier alpha value is -2.17. The zero-order chi connectivity index (χ0) is 17.0. The number of nitrogens with zero attached hydrogens (tertiary/aromatic N) is 2. The van der Waals surface area contributed by atoms with E-state index >= 15 is 0 Å². The molecule has 0 atom stereocenters. The third kappa shape index (κ3) is 2.18. The van der Waals surface area contributed by atoms with Gasteiger partial charge in [0, 0.05) is 30.1 Å². The van der Waals surface area contributed by atoms with Crippen LogP contribution in [0.5, 0.6) is 5.75 Å². The number of rotatable bonds is 3. The van der Waals surface area contributed by atoms with Gasteiger partial charge in [-0.05, 0) is 57.6 Å². The van der Waals surface area contributed by atoms with Crippen molar-refractivity contribution in [2.24, 2.45) is 0 Å². The Morgan fingerprint density at radius 1 is 1.17 bits per heavy atom. The largest absolute Gasteiger partial charge is 0.507 e. The molecule has 1 aromatic carbocycles. The predicted molar refractivity (Wildman–Crippen MR) is 94.4 cm³/mol. The molecule has 2 aliphatic rings. The number of fused-ring (bicyclic) bond motifs is 1. The van der Waals surface area contributed by atoms with Crippen LogP contribution in [0.25, 0.3) is 10.9 Å². The van der Waals surface area contributed by atoms with Crippen molar-refractivity contribution in [3.63, 3.8) is 0 Å². The fraction of sp³-hybridized carbons (Fsp3) is 0.526. The first kappa shape index (κ1) is 15.4. The van der Waals surface area contributed by atoms with Gasteiger partial charge in [-0.3, -0.25) is 0 Å².